The molecule has 2 fully saturated rings. The second-order valence-corrected chi connectivity index (χ2v) is 7.70. The van der Waals surface area contributed by atoms with Crippen molar-refractivity contribution in [3.8, 4) is 5.69 Å². The maximum atomic E-state index is 13.2. The maximum Gasteiger partial charge on any atom is 0.274 e. The molecular weight excluding hydrogens is 310 g/mol. The van der Waals surface area contributed by atoms with Gasteiger partial charge in [0.1, 0.15) is 0 Å². The van der Waals surface area contributed by atoms with Crippen LogP contribution in [0, 0.1) is 18.8 Å². The van der Waals surface area contributed by atoms with E-state index < -0.39 is 0 Å². The fourth-order valence-corrected chi connectivity index (χ4v) is 4.72. The molecule has 132 valence electrons. The predicted octanol–water partition coefficient (Wildman–Crippen LogP) is 4.22. The van der Waals surface area contributed by atoms with Gasteiger partial charge in [0, 0.05) is 18.3 Å². The average Bonchev–Trinajstić information content (AvgIpc) is 3.04. The number of hydrogen-bond acceptors (Lipinski definition) is 2. The predicted molar refractivity (Wildman–Crippen MR) is 98.9 cm³/mol. The van der Waals surface area contributed by atoms with Crippen LogP contribution in [-0.2, 0) is 0 Å². The van der Waals surface area contributed by atoms with Crippen LogP contribution in [0.3, 0.4) is 0 Å². The Kier molecular flexibility index (Phi) is 4.36. The van der Waals surface area contributed by atoms with Gasteiger partial charge in [-0.1, -0.05) is 38.0 Å². The highest BCUT2D eigenvalue weighted by Crippen LogP contribution is 2.39. The lowest BCUT2D eigenvalue weighted by Crippen LogP contribution is -2.52. The summed E-state index contributed by atoms with van der Waals surface area (Å²) in [6, 6.07) is 12.4. The molecule has 4 heteroatoms. The minimum atomic E-state index is 0.113. The van der Waals surface area contributed by atoms with Crippen molar-refractivity contribution < 1.29 is 4.79 Å². The highest BCUT2D eigenvalue weighted by atomic mass is 16.2. The zero-order chi connectivity index (χ0) is 17.4. The van der Waals surface area contributed by atoms with Crippen LogP contribution in [0.1, 0.15) is 55.2 Å². The van der Waals surface area contributed by atoms with Gasteiger partial charge in [-0.25, -0.2) is 4.68 Å². The maximum absolute atomic E-state index is 13.2. The number of nitrogens with zero attached hydrogens (tertiary/aromatic N) is 3. The smallest absolute Gasteiger partial charge is 0.274 e. The number of rotatable bonds is 2. The third-order valence-corrected chi connectivity index (χ3v) is 6.11. The second-order valence-electron chi connectivity index (χ2n) is 7.70. The van der Waals surface area contributed by atoms with E-state index >= 15 is 0 Å². The Balaban J connectivity index is 1.61. The van der Waals surface area contributed by atoms with Gasteiger partial charge in [-0.05, 0) is 56.2 Å². The number of fused-ring (bicyclic) bond motifs is 1. The van der Waals surface area contributed by atoms with E-state index in [0.29, 0.717) is 17.7 Å². The van der Waals surface area contributed by atoms with Crippen molar-refractivity contribution in [3.63, 3.8) is 0 Å². The van der Waals surface area contributed by atoms with Crippen molar-refractivity contribution in [2.75, 3.05) is 6.54 Å². The van der Waals surface area contributed by atoms with Crippen molar-refractivity contribution in [1.29, 1.82) is 0 Å². The van der Waals surface area contributed by atoms with Gasteiger partial charge in [-0.3, -0.25) is 4.79 Å². The molecule has 1 aromatic heterocycles. The molecule has 1 amide bonds. The summed E-state index contributed by atoms with van der Waals surface area (Å²) >= 11 is 0. The lowest BCUT2D eigenvalue weighted by Gasteiger charge is -2.47. The molecule has 1 aliphatic heterocycles. The van der Waals surface area contributed by atoms with Crippen LogP contribution < -0.4 is 0 Å². The zero-order valence-corrected chi connectivity index (χ0v) is 15.2. The lowest BCUT2D eigenvalue weighted by molar-refractivity contribution is 0.0213. The molecule has 1 saturated heterocycles. The van der Waals surface area contributed by atoms with Crippen LogP contribution in [-0.4, -0.2) is 33.2 Å². The third-order valence-electron chi connectivity index (χ3n) is 6.11. The molecule has 0 N–H and O–H groups in total. The minimum Gasteiger partial charge on any atom is -0.334 e. The van der Waals surface area contributed by atoms with E-state index in [2.05, 4.69) is 16.9 Å². The number of amides is 1. The number of likely N-dealkylation sites (tertiary alicyclic amines) is 1. The third kappa shape index (κ3) is 2.99. The molecule has 4 nitrogen and oxygen atoms in total. The summed E-state index contributed by atoms with van der Waals surface area (Å²) in [7, 11) is 0. The van der Waals surface area contributed by atoms with Crippen LogP contribution in [0.25, 0.3) is 5.69 Å². The van der Waals surface area contributed by atoms with E-state index in [0.717, 1.165) is 36.7 Å². The monoisotopic (exact) mass is 337 g/mol. The highest BCUT2D eigenvalue weighted by molar-refractivity contribution is 5.92. The average molecular weight is 337 g/mol. The van der Waals surface area contributed by atoms with Crippen LogP contribution in [0.5, 0.6) is 0 Å². The molecule has 0 bridgehead atoms. The molecular formula is C21H27N3O. The van der Waals surface area contributed by atoms with Gasteiger partial charge >= 0.3 is 0 Å². The van der Waals surface area contributed by atoms with E-state index in [4.69, 9.17) is 0 Å². The first kappa shape index (κ1) is 16.4. The van der Waals surface area contributed by atoms with Gasteiger partial charge in [0.2, 0.25) is 0 Å². The Morgan fingerprint density at radius 2 is 1.88 bits per heavy atom. The van der Waals surface area contributed by atoms with Crippen molar-refractivity contribution in [3.05, 3.63) is 47.8 Å². The van der Waals surface area contributed by atoms with Crippen molar-refractivity contribution in [2.45, 2.75) is 52.0 Å². The summed E-state index contributed by atoms with van der Waals surface area (Å²) in [5.41, 5.74) is 2.59. The summed E-state index contributed by atoms with van der Waals surface area (Å²) in [6.45, 7) is 5.25. The van der Waals surface area contributed by atoms with E-state index in [-0.39, 0.29) is 5.91 Å². The summed E-state index contributed by atoms with van der Waals surface area (Å²) in [4.78, 5) is 15.3. The van der Waals surface area contributed by atoms with Crippen molar-refractivity contribution in [2.24, 2.45) is 11.8 Å². The van der Waals surface area contributed by atoms with Gasteiger partial charge in [-0.2, -0.15) is 5.10 Å². The topological polar surface area (TPSA) is 38.1 Å². The molecule has 2 heterocycles. The molecule has 25 heavy (non-hydrogen) atoms. The molecule has 1 aromatic carbocycles. The minimum absolute atomic E-state index is 0.113. The molecule has 0 radical (unpaired) electrons. The van der Waals surface area contributed by atoms with Gasteiger partial charge in [0.25, 0.3) is 5.91 Å². The Morgan fingerprint density at radius 3 is 2.68 bits per heavy atom. The second kappa shape index (κ2) is 6.66. The van der Waals surface area contributed by atoms with E-state index in [9.17, 15) is 4.79 Å². The first-order valence-corrected chi connectivity index (χ1v) is 9.58. The van der Waals surface area contributed by atoms with Crippen molar-refractivity contribution >= 4 is 5.91 Å². The largest absolute Gasteiger partial charge is 0.334 e. The summed E-state index contributed by atoms with van der Waals surface area (Å²) in [6.07, 6.45) is 6.10. The Labute approximate surface area is 149 Å². The SMILES string of the molecule is Cc1cc(C(=O)N2CCC(C)C3CCCCC32)nn1-c1ccccc1. The first-order chi connectivity index (χ1) is 12.1. The molecule has 3 atom stereocenters. The summed E-state index contributed by atoms with van der Waals surface area (Å²) < 4.78 is 1.87. The number of aromatic nitrogens is 2. The van der Waals surface area contributed by atoms with E-state index in [1.807, 2.05) is 48.0 Å². The molecule has 2 aliphatic rings. The number of benzene rings is 1. The summed E-state index contributed by atoms with van der Waals surface area (Å²) in [5, 5.41) is 4.64. The van der Waals surface area contributed by atoms with Gasteiger partial charge in [0.15, 0.2) is 5.69 Å². The number of hydrogen-bond donors (Lipinski definition) is 0. The van der Waals surface area contributed by atoms with Crippen molar-refractivity contribution in [1.82, 2.24) is 14.7 Å². The molecule has 0 spiro atoms. The Bertz CT molecular complexity index is 752. The Morgan fingerprint density at radius 1 is 1.12 bits per heavy atom. The molecule has 4 rings (SSSR count). The normalized spacial score (nSPS) is 26.3. The molecule has 2 aromatic rings. The van der Waals surface area contributed by atoms with Gasteiger partial charge in [-0.15, -0.1) is 0 Å². The Hall–Kier alpha value is -2.10. The van der Waals surface area contributed by atoms with Gasteiger partial charge < -0.3 is 4.90 Å². The van der Waals surface area contributed by atoms with Gasteiger partial charge in [0.05, 0.1) is 5.69 Å². The molecule has 3 unspecified atom stereocenters. The number of aryl methyl sites for hydroxylation is 1. The highest BCUT2D eigenvalue weighted by Gasteiger charge is 2.40. The van der Waals surface area contributed by atoms with Crippen LogP contribution in [0.2, 0.25) is 0 Å². The fourth-order valence-electron chi connectivity index (χ4n) is 4.72. The lowest BCUT2D eigenvalue weighted by atomic mass is 9.72. The fraction of sp³-hybridized carbons (Fsp3) is 0.524. The van der Waals surface area contributed by atoms with Crippen LogP contribution in [0.15, 0.2) is 36.4 Å². The molecule has 1 aliphatic carbocycles. The molecule has 1 saturated carbocycles. The quantitative estimate of drug-likeness (QED) is 0.823. The van der Waals surface area contributed by atoms with Crippen LogP contribution in [0.4, 0.5) is 0 Å². The number of para-hydroxylation sites is 1. The zero-order valence-electron chi connectivity index (χ0n) is 15.2. The number of carbonyl (C=O) groups excluding carboxylic acids is 1. The first-order valence-electron chi connectivity index (χ1n) is 9.58. The van der Waals surface area contributed by atoms with E-state index in [1.54, 1.807) is 0 Å². The van der Waals surface area contributed by atoms with E-state index in [1.165, 1.54) is 19.3 Å². The summed E-state index contributed by atoms with van der Waals surface area (Å²) in [5.74, 6) is 1.52. The number of carbonyl (C=O) groups is 1. The number of piperidine rings is 1. The van der Waals surface area contributed by atoms with Crippen LogP contribution >= 0.6 is 0 Å². The standard InChI is InChI=1S/C21H27N3O/c1-15-12-13-23(20-11-7-6-10-18(15)20)21(25)19-14-16(2)24(22-19)17-8-4-3-5-9-17/h3-5,8-9,14-15,18,20H,6-7,10-13H2,1-2H3.